The molecule has 8 nitrogen and oxygen atoms in total. The summed E-state index contributed by atoms with van der Waals surface area (Å²) in [4.78, 5) is 0. The van der Waals surface area contributed by atoms with Crippen LogP contribution in [0, 0.1) is 5.41 Å². The fraction of sp³-hybridized carbons (Fsp3) is 0.800. The number of hydroxylamine groups is 1. The van der Waals surface area contributed by atoms with E-state index in [1.54, 1.807) is 26.3 Å². The summed E-state index contributed by atoms with van der Waals surface area (Å²) in [6.07, 6.45) is 1.38. The predicted octanol–water partition coefficient (Wildman–Crippen LogP) is 1.48. The number of rotatable bonds is 6. The fourth-order valence-electron chi connectivity index (χ4n) is 1.29. The molecule has 0 aliphatic rings. The average molecular weight is 258 g/mol. The molecular formula is C10H22N6O2. The maximum absolute atomic E-state index is 8.79. The van der Waals surface area contributed by atoms with Crippen LogP contribution in [0.1, 0.15) is 40.5 Å². The Morgan fingerprint density at radius 3 is 2.22 bits per heavy atom. The first kappa shape index (κ1) is 16.3. The van der Waals surface area contributed by atoms with Crippen LogP contribution in [0.2, 0.25) is 0 Å². The number of azo groups is 1. The van der Waals surface area contributed by atoms with Crippen LogP contribution in [0.4, 0.5) is 0 Å². The number of amidine groups is 2. The molecule has 0 aromatic carbocycles. The molecule has 0 aliphatic heterocycles. The Kier molecular flexibility index (Phi) is 5.70. The van der Waals surface area contributed by atoms with E-state index in [0.717, 1.165) is 6.42 Å². The van der Waals surface area contributed by atoms with Crippen LogP contribution in [0.3, 0.4) is 0 Å². The Labute approximate surface area is 106 Å². The molecule has 0 amide bonds. The molecule has 0 saturated carbocycles. The SMILES string of the molecule is CCCC(C)(N=NC(C)(C)C(=NO)NO)C(=N)N. The van der Waals surface area contributed by atoms with Gasteiger partial charge < -0.3 is 10.9 Å². The maximum Gasteiger partial charge on any atom is 0.194 e. The summed E-state index contributed by atoms with van der Waals surface area (Å²) >= 11 is 0. The largest absolute Gasteiger partial charge is 0.409 e. The van der Waals surface area contributed by atoms with E-state index in [0.29, 0.717) is 6.42 Å². The second kappa shape index (κ2) is 6.29. The Morgan fingerprint density at radius 1 is 1.33 bits per heavy atom. The molecule has 8 heteroatoms. The van der Waals surface area contributed by atoms with Gasteiger partial charge >= 0.3 is 0 Å². The first-order valence-electron chi connectivity index (χ1n) is 5.64. The van der Waals surface area contributed by atoms with Crippen molar-refractivity contribution in [1.29, 1.82) is 5.41 Å². The third-order valence-electron chi connectivity index (χ3n) is 2.62. The zero-order valence-electron chi connectivity index (χ0n) is 11.2. The number of nitrogens with two attached hydrogens (primary N) is 1. The van der Waals surface area contributed by atoms with E-state index in [1.165, 1.54) is 0 Å². The lowest BCUT2D eigenvalue weighted by Gasteiger charge is -2.24. The summed E-state index contributed by atoms with van der Waals surface area (Å²) in [5.41, 5.74) is 5.33. The van der Waals surface area contributed by atoms with Crippen LogP contribution < -0.4 is 11.2 Å². The second-order valence-electron chi connectivity index (χ2n) is 4.76. The summed E-state index contributed by atoms with van der Waals surface area (Å²) in [6.45, 7) is 6.86. The standard InChI is InChI=1S/C10H22N6O2/c1-5-6-10(4,7(11)12)16-15-9(2,3)8(13-17)14-18/h17-18H,5-6H2,1-4H3,(H3,11,12)(H,13,14). The average Bonchev–Trinajstić information content (AvgIpc) is 2.28. The van der Waals surface area contributed by atoms with Crippen LogP contribution >= 0.6 is 0 Å². The van der Waals surface area contributed by atoms with Crippen molar-refractivity contribution >= 4 is 11.7 Å². The van der Waals surface area contributed by atoms with Crippen LogP contribution in [-0.4, -0.2) is 33.2 Å². The van der Waals surface area contributed by atoms with Crippen molar-refractivity contribution in [1.82, 2.24) is 5.48 Å². The van der Waals surface area contributed by atoms with Gasteiger partial charge in [0.25, 0.3) is 0 Å². The molecule has 1 unspecified atom stereocenters. The minimum absolute atomic E-state index is 0.0802. The van der Waals surface area contributed by atoms with Gasteiger partial charge in [-0.3, -0.25) is 16.1 Å². The Balaban J connectivity index is 5.16. The zero-order chi connectivity index (χ0) is 14.4. The van der Waals surface area contributed by atoms with Crippen LogP contribution in [0.25, 0.3) is 0 Å². The van der Waals surface area contributed by atoms with Crippen molar-refractivity contribution in [2.24, 2.45) is 21.1 Å². The van der Waals surface area contributed by atoms with E-state index < -0.39 is 11.1 Å². The minimum atomic E-state index is -1.05. The van der Waals surface area contributed by atoms with Gasteiger partial charge in [-0.1, -0.05) is 18.5 Å². The van der Waals surface area contributed by atoms with Gasteiger partial charge in [-0.05, 0) is 27.2 Å². The van der Waals surface area contributed by atoms with Crippen LogP contribution in [-0.2, 0) is 0 Å². The lowest BCUT2D eigenvalue weighted by atomic mass is 9.96. The summed E-state index contributed by atoms with van der Waals surface area (Å²) < 4.78 is 0. The maximum atomic E-state index is 8.79. The van der Waals surface area contributed by atoms with Gasteiger partial charge in [-0.25, -0.2) is 0 Å². The number of oxime groups is 1. The van der Waals surface area contributed by atoms with Crippen LogP contribution in [0.5, 0.6) is 0 Å². The molecule has 0 radical (unpaired) electrons. The molecule has 18 heavy (non-hydrogen) atoms. The van der Waals surface area contributed by atoms with Gasteiger partial charge in [0.2, 0.25) is 0 Å². The molecule has 6 N–H and O–H groups in total. The first-order valence-corrected chi connectivity index (χ1v) is 5.64. The van der Waals surface area contributed by atoms with E-state index in [9.17, 15) is 0 Å². The lowest BCUT2D eigenvalue weighted by molar-refractivity contribution is 0.212. The molecule has 0 bridgehead atoms. The molecule has 0 aromatic rings. The van der Waals surface area contributed by atoms with Gasteiger partial charge in [0.05, 0.1) is 0 Å². The van der Waals surface area contributed by atoms with Crippen molar-refractivity contribution in [3.05, 3.63) is 0 Å². The van der Waals surface area contributed by atoms with Crippen molar-refractivity contribution in [2.75, 3.05) is 0 Å². The molecule has 0 heterocycles. The minimum Gasteiger partial charge on any atom is -0.409 e. The number of nitrogens with one attached hydrogen (secondary N) is 2. The highest BCUT2D eigenvalue weighted by molar-refractivity contribution is 5.89. The summed E-state index contributed by atoms with van der Waals surface area (Å²) in [5, 5.41) is 36.0. The number of hydrogen-bond donors (Lipinski definition) is 5. The van der Waals surface area contributed by atoms with Crippen molar-refractivity contribution in [2.45, 2.75) is 51.6 Å². The summed E-state index contributed by atoms with van der Waals surface area (Å²) in [5.74, 6) is -0.225. The predicted molar refractivity (Wildman–Crippen MR) is 68.3 cm³/mol. The third kappa shape index (κ3) is 3.95. The molecule has 0 aromatic heterocycles. The Morgan fingerprint density at radius 2 is 1.89 bits per heavy atom. The first-order chi connectivity index (χ1) is 8.23. The van der Waals surface area contributed by atoms with Gasteiger partial charge in [0.1, 0.15) is 16.9 Å². The summed E-state index contributed by atoms with van der Waals surface area (Å²) in [7, 11) is 0. The van der Waals surface area contributed by atoms with Crippen LogP contribution in [0.15, 0.2) is 15.4 Å². The highest BCUT2D eigenvalue weighted by atomic mass is 16.5. The van der Waals surface area contributed by atoms with Gasteiger partial charge in [0, 0.05) is 0 Å². The zero-order valence-corrected chi connectivity index (χ0v) is 11.2. The molecule has 0 aliphatic carbocycles. The highest BCUT2D eigenvalue weighted by Gasteiger charge is 2.31. The molecule has 104 valence electrons. The van der Waals surface area contributed by atoms with Gasteiger partial charge in [-0.15, -0.1) is 0 Å². The topological polar surface area (TPSA) is 139 Å². The second-order valence-corrected chi connectivity index (χ2v) is 4.76. The molecule has 0 fully saturated rings. The quantitative estimate of drug-likeness (QED) is 0.162. The van der Waals surface area contributed by atoms with E-state index in [-0.39, 0.29) is 11.7 Å². The van der Waals surface area contributed by atoms with Crippen molar-refractivity contribution in [3.63, 3.8) is 0 Å². The highest BCUT2D eigenvalue weighted by Crippen LogP contribution is 2.21. The van der Waals surface area contributed by atoms with Crippen molar-refractivity contribution < 1.29 is 10.4 Å². The fourth-order valence-corrected chi connectivity index (χ4v) is 1.29. The third-order valence-corrected chi connectivity index (χ3v) is 2.62. The molecule has 0 rings (SSSR count). The monoisotopic (exact) mass is 258 g/mol. The van der Waals surface area contributed by atoms with Gasteiger partial charge in [-0.2, -0.15) is 10.2 Å². The molecule has 0 saturated heterocycles. The smallest absolute Gasteiger partial charge is 0.194 e. The van der Waals surface area contributed by atoms with E-state index in [2.05, 4.69) is 15.4 Å². The van der Waals surface area contributed by atoms with Gasteiger partial charge in [0.15, 0.2) is 5.84 Å². The number of nitrogens with zero attached hydrogens (tertiary/aromatic N) is 3. The van der Waals surface area contributed by atoms with Crippen molar-refractivity contribution in [3.8, 4) is 0 Å². The molecular weight excluding hydrogens is 236 g/mol. The molecule has 0 spiro atoms. The van der Waals surface area contributed by atoms with E-state index in [4.69, 9.17) is 21.6 Å². The van der Waals surface area contributed by atoms with E-state index >= 15 is 0 Å². The molecule has 1 atom stereocenters. The Bertz CT molecular complexity index is 352. The van der Waals surface area contributed by atoms with E-state index in [1.807, 2.05) is 6.92 Å². The number of hydrogen-bond acceptors (Lipinski definition) is 6. The Hall–Kier alpha value is -1.70. The normalized spacial score (nSPS) is 16.6. The summed E-state index contributed by atoms with van der Waals surface area (Å²) in [6, 6.07) is 0. The lowest BCUT2D eigenvalue weighted by Crippen LogP contribution is -2.42.